The number of hydrogen-bond acceptors (Lipinski definition) is 5. The van der Waals surface area contributed by atoms with Crippen LogP contribution in [0.25, 0.3) is 22.2 Å². The number of carbonyl (C=O) groups excluding carboxylic acids is 2. The highest BCUT2D eigenvalue weighted by Crippen LogP contribution is 2.30. The van der Waals surface area contributed by atoms with E-state index in [0.717, 1.165) is 16.8 Å². The second-order valence-corrected chi connectivity index (χ2v) is 7.98. The SMILES string of the molecule is Cc1c(-c2ccccc2)nc2ccccc2c1C(=O)OCC(=O)N1C[C@@H](C)O[C@H](C)C1. The van der Waals surface area contributed by atoms with Gasteiger partial charge in [-0.15, -0.1) is 0 Å². The van der Waals surface area contributed by atoms with Gasteiger partial charge in [-0.05, 0) is 32.4 Å². The van der Waals surface area contributed by atoms with Crippen LogP contribution < -0.4 is 0 Å². The largest absolute Gasteiger partial charge is 0.452 e. The monoisotopic (exact) mass is 418 g/mol. The number of fused-ring (bicyclic) bond motifs is 1. The van der Waals surface area contributed by atoms with Crippen molar-refractivity contribution in [1.29, 1.82) is 0 Å². The minimum Gasteiger partial charge on any atom is -0.452 e. The van der Waals surface area contributed by atoms with Gasteiger partial charge in [0.15, 0.2) is 6.61 Å². The van der Waals surface area contributed by atoms with E-state index in [1.54, 1.807) is 4.90 Å². The summed E-state index contributed by atoms with van der Waals surface area (Å²) in [7, 11) is 0. The first kappa shape index (κ1) is 21.0. The van der Waals surface area contributed by atoms with E-state index in [4.69, 9.17) is 14.5 Å². The summed E-state index contributed by atoms with van der Waals surface area (Å²) in [4.78, 5) is 32.2. The molecule has 160 valence electrons. The van der Waals surface area contributed by atoms with Crippen LogP contribution in [-0.2, 0) is 14.3 Å². The van der Waals surface area contributed by atoms with Gasteiger partial charge in [0.1, 0.15) is 0 Å². The Kier molecular flexibility index (Phi) is 6.00. The third-order valence-electron chi connectivity index (χ3n) is 5.49. The fraction of sp³-hybridized carbons (Fsp3) is 0.320. The molecule has 0 spiro atoms. The Balaban J connectivity index is 1.62. The number of nitrogens with zero attached hydrogens (tertiary/aromatic N) is 2. The highest BCUT2D eigenvalue weighted by atomic mass is 16.5. The molecule has 0 aliphatic carbocycles. The molecule has 6 heteroatoms. The van der Waals surface area contributed by atoms with E-state index in [1.807, 2.05) is 75.4 Å². The molecule has 2 atom stereocenters. The quantitative estimate of drug-likeness (QED) is 0.599. The standard InChI is InChI=1S/C25H26N2O4/c1-16-13-27(14-17(2)31-16)22(28)15-30-25(29)23-18(3)24(19-9-5-4-6-10-19)26-21-12-8-7-11-20(21)23/h4-12,16-17H,13-15H2,1-3H3/t16-,17-/m1/s1. The number of esters is 1. The summed E-state index contributed by atoms with van der Waals surface area (Å²) >= 11 is 0. The zero-order chi connectivity index (χ0) is 22.0. The van der Waals surface area contributed by atoms with Gasteiger partial charge < -0.3 is 14.4 Å². The average molecular weight is 418 g/mol. The fourth-order valence-corrected chi connectivity index (χ4v) is 4.12. The molecule has 1 saturated heterocycles. The molecule has 4 rings (SSSR count). The van der Waals surface area contributed by atoms with Crippen LogP contribution in [0.2, 0.25) is 0 Å². The second kappa shape index (κ2) is 8.86. The maximum atomic E-state index is 13.1. The summed E-state index contributed by atoms with van der Waals surface area (Å²) in [6.45, 7) is 6.42. The van der Waals surface area contributed by atoms with Gasteiger partial charge in [-0.2, -0.15) is 0 Å². The van der Waals surface area contributed by atoms with Gasteiger partial charge in [0.2, 0.25) is 0 Å². The van der Waals surface area contributed by atoms with Crippen molar-refractivity contribution < 1.29 is 19.1 Å². The molecule has 0 saturated carbocycles. The van der Waals surface area contributed by atoms with Crippen molar-refractivity contribution in [3.05, 3.63) is 65.7 Å². The normalized spacial score (nSPS) is 18.7. The summed E-state index contributed by atoms with van der Waals surface area (Å²) in [5.74, 6) is -0.731. The van der Waals surface area contributed by atoms with E-state index < -0.39 is 5.97 Å². The van der Waals surface area contributed by atoms with Gasteiger partial charge >= 0.3 is 5.97 Å². The van der Waals surface area contributed by atoms with Crippen molar-refractivity contribution in [3.8, 4) is 11.3 Å². The third-order valence-corrected chi connectivity index (χ3v) is 5.49. The number of aromatic nitrogens is 1. The Bertz CT molecular complexity index is 1100. The summed E-state index contributed by atoms with van der Waals surface area (Å²) in [5, 5.41) is 0.714. The molecule has 1 amide bonds. The molecule has 0 bridgehead atoms. The number of rotatable bonds is 4. The zero-order valence-electron chi connectivity index (χ0n) is 18.0. The highest BCUT2D eigenvalue weighted by Gasteiger charge is 2.27. The van der Waals surface area contributed by atoms with E-state index in [0.29, 0.717) is 29.6 Å². The van der Waals surface area contributed by atoms with E-state index in [-0.39, 0.29) is 24.7 Å². The molecule has 0 radical (unpaired) electrons. The maximum absolute atomic E-state index is 13.1. The van der Waals surface area contributed by atoms with Gasteiger partial charge in [-0.1, -0.05) is 48.5 Å². The Morgan fingerprint density at radius 1 is 1.03 bits per heavy atom. The van der Waals surface area contributed by atoms with Gasteiger partial charge in [0.05, 0.1) is 29.0 Å². The van der Waals surface area contributed by atoms with Crippen molar-refractivity contribution >= 4 is 22.8 Å². The third kappa shape index (κ3) is 4.44. The lowest BCUT2D eigenvalue weighted by Gasteiger charge is -2.35. The Morgan fingerprint density at radius 3 is 2.39 bits per heavy atom. The van der Waals surface area contributed by atoms with Crippen molar-refractivity contribution in [3.63, 3.8) is 0 Å². The molecule has 1 aromatic heterocycles. The van der Waals surface area contributed by atoms with E-state index in [2.05, 4.69) is 0 Å². The lowest BCUT2D eigenvalue weighted by atomic mass is 9.98. The van der Waals surface area contributed by atoms with E-state index >= 15 is 0 Å². The van der Waals surface area contributed by atoms with Crippen LogP contribution in [-0.4, -0.2) is 53.7 Å². The molecule has 2 heterocycles. The summed E-state index contributed by atoms with van der Waals surface area (Å²) in [6.07, 6.45) is -0.0774. The molecule has 3 aromatic rings. The van der Waals surface area contributed by atoms with Crippen LogP contribution in [0.15, 0.2) is 54.6 Å². The number of pyridine rings is 1. The first-order chi connectivity index (χ1) is 14.9. The first-order valence-electron chi connectivity index (χ1n) is 10.5. The Hall–Kier alpha value is -3.25. The minimum absolute atomic E-state index is 0.0387. The Morgan fingerprint density at radius 2 is 1.68 bits per heavy atom. The molecule has 0 unspecified atom stereocenters. The van der Waals surface area contributed by atoms with Crippen molar-refractivity contribution in [2.24, 2.45) is 0 Å². The van der Waals surface area contributed by atoms with Gasteiger partial charge in [-0.3, -0.25) is 4.79 Å². The van der Waals surface area contributed by atoms with Crippen LogP contribution in [0.4, 0.5) is 0 Å². The smallest absolute Gasteiger partial charge is 0.339 e. The van der Waals surface area contributed by atoms with Crippen LogP contribution in [0, 0.1) is 6.92 Å². The van der Waals surface area contributed by atoms with Crippen molar-refractivity contribution in [2.45, 2.75) is 33.0 Å². The fourth-order valence-electron chi connectivity index (χ4n) is 4.12. The van der Waals surface area contributed by atoms with Crippen LogP contribution in [0.5, 0.6) is 0 Å². The van der Waals surface area contributed by atoms with E-state index in [1.165, 1.54) is 0 Å². The molecule has 2 aromatic carbocycles. The molecule has 6 nitrogen and oxygen atoms in total. The first-order valence-corrected chi connectivity index (χ1v) is 10.5. The number of morpholine rings is 1. The predicted octanol–water partition coefficient (Wildman–Crippen LogP) is 4.00. The van der Waals surface area contributed by atoms with Crippen LogP contribution in [0.3, 0.4) is 0 Å². The maximum Gasteiger partial charge on any atom is 0.339 e. The minimum atomic E-state index is -0.518. The molecule has 1 fully saturated rings. The molecular formula is C25H26N2O4. The molecular weight excluding hydrogens is 392 g/mol. The number of hydrogen-bond donors (Lipinski definition) is 0. The highest BCUT2D eigenvalue weighted by molar-refractivity contribution is 6.06. The molecule has 1 aliphatic rings. The number of carbonyl (C=O) groups is 2. The lowest BCUT2D eigenvalue weighted by molar-refractivity contribution is -0.146. The summed E-state index contributed by atoms with van der Waals surface area (Å²) in [6, 6.07) is 17.2. The molecule has 31 heavy (non-hydrogen) atoms. The molecule has 1 aliphatic heterocycles. The van der Waals surface area contributed by atoms with Gasteiger partial charge in [0.25, 0.3) is 5.91 Å². The second-order valence-electron chi connectivity index (χ2n) is 7.98. The number of para-hydroxylation sites is 1. The summed E-state index contributed by atoms with van der Waals surface area (Å²) < 4.78 is 11.2. The van der Waals surface area contributed by atoms with E-state index in [9.17, 15) is 9.59 Å². The summed E-state index contributed by atoms with van der Waals surface area (Å²) in [5.41, 5.74) is 3.54. The topological polar surface area (TPSA) is 68.7 Å². The van der Waals surface area contributed by atoms with Crippen molar-refractivity contribution in [1.82, 2.24) is 9.88 Å². The van der Waals surface area contributed by atoms with Crippen LogP contribution in [0.1, 0.15) is 29.8 Å². The Labute approximate surface area is 181 Å². The number of benzene rings is 2. The van der Waals surface area contributed by atoms with Crippen molar-refractivity contribution in [2.75, 3.05) is 19.7 Å². The lowest BCUT2D eigenvalue weighted by Crippen LogP contribution is -2.49. The van der Waals surface area contributed by atoms with Crippen LogP contribution >= 0.6 is 0 Å². The van der Waals surface area contributed by atoms with Gasteiger partial charge in [0, 0.05) is 24.0 Å². The molecule has 0 N–H and O–H groups in total. The predicted molar refractivity (Wildman–Crippen MR) is 119 cm³/mol. The van der Waals surface area contributed by atoms with Gasteiger partial charge in [-0.25, -0.2) is 9.78 Å². The number of ether oxygens (including phenoxy) is 2. The average Bonchev–Trinajstić information content (AvgIpc) is 2.76. The number of amides is 1. The zero-order valence-corrected chi connectivity index (χ0v) is 18.0.